The smallest absolute Gasteiger partial charge is 0.319 e. The van der Waals surface area contributed by atoms with Crippen LogP contribution in [0.3, 0.4) is 0 Å². The van der Waals surface area contributed by atoms with Gasteiger partial charge in [-0.1, -0.05) is 23.2 Å². The monoisotopic (exact) mass is 316 g/mol. The van der Waals surface area contributed by atoms with Gasteiger partial charge in [0.2, 0.25) is 0 Å². The highest BCUT2D eigenvalue weighted by Crippen LogP contribution is 2.27. The number of carbonyl (C=O) groups excluding carboxylic acids is 1. The van der Waals surface area contributed by atoms with Gasteiger partial charge in [0.05, 0.1) is 16.6 Å². The summed E-state index contributed by atoms with van der Waals surface area (Å²) in [5.41, 5.74) is 0.421. The average molecular weight is 317 g/mol. The molecular formula is C13H14Cl2N2O3. The molecule has 2 amide bonds. The summed E-state index contributed by atoms with van der Waals surface area (Å²) in [5.74, 6) is -1.19. The molecule has 1 aliphatic rings. The Morgan fingerprint density at radius 3 is 2.65 bits per heavy atom. The van der Waals surface area contributed by atoms with Gasteiger partial charge >= 0.3 is 12.0 Å². The predicted octanol–water partition coefficient (Wildman–Crippen LogP) is 3.37. The van der Waals surface area contributed by atoms with Crippen LogP contribution in [0.2, 0.25) is 10.0 Å². The first-order valence-corrected chi connectivity index (χ1v) is 6.96. The van der Waals surface area contributed by atoms with Gasteiger partial charge in [0.25, 0.3) is 0 Å². The van der Waals surface area contributed by atoms with Crippen molar-refractivity contribution in [2.75, 3.05) is 5.32 Å². The van der Waals surface area contributed by atoms with Gasteiger partial charge in [-0.05, 0) is 37.5 Å². The topological polar surface area (TPSA) is 78.4 Å². The molecule has 0 spiro atoms. The number of rotatable bonds is 3. The zero-order valence-electron chi connectivity index (χ0n) is 10.5. The predicted molar refractivity (Wildman–Crippen MR) is 77.4 cm³/mol. The highest BCUT2D eigenvalue weighted by molar-refractivity contribution is 6.35. The second-order valence-electron chi connectivity index (χ2n) is 4.77. The van der Waals surface area contributed by atoms with Crippen LogP contribution in [0.25, 0.3) is 0 Å². The van der Waals surface area contributed by atoms with Crippen LogP contribution in [0.1, 0.15) is 19.3 Å². The molecular weight excluding hydrogens is 303 g/mol. The van der Waals surface area contributed by atoms with Crippen molar-refractivity contribution < 1.29 is 14.7 Å². The van der Waals surface area contributed by atoms with Crippen LogP contribution >= 0.6 is 23.2 Å². The number of hydrogen-bond acceptors (Lipinski definition) is 2. The maximum absolute atomic E-state index is 11.8. The molecule has 7 heteroatoms. The molecule has 1 aliphatic carbocycles. The Kier molecular flexibility index (Phi) is 4.73. The van der Waals surface area contributed by atoms with E-state index in [9.17, 15) is 9.59 Å². The lowest BCUT2D eigenvalue weighted by Crippen LogP contribution is -2.36. The molecule has 0 aliphatic heterocycles. The molecule has 5 nitrogen and oxygen atoms in total. The Balaban J connectivity index is 1.90. The van der Waals surface area contributed by atoms with Gasteiger partial charge in [-0.15, -0.1) is 0 Å². The zero-order chi connectivity index (χ0) is 14.7. The van der Waals surface area contributed by atoms with Gasteiger partial charge < -0.3 is 15.7 Å². The van der Waals surface area contributed by atoms with E-state index in [4.69, 9.17) is 28.3 Å². The van der Waals surface area contributed by atoms with Crippen molar-refractivity contribution in [1.82, 2.24) is 5.32 Å². The van der Waals surface area contributed by atoms with E-state index in [0.717, 1.165) is 0 Å². The summed E-state index contributed by atoms with van der Waals surface area (Å²) in [6.45, 7) is 0. The summed E-state index contributed by atoms with van der Waals surface area (Å²) in [4.78, 5) is 22.7. The largest absolute Gasteiger partial charge is 0.481 e. The van der Waals surface area contributed by atoms with Crippen LogP contribution < -0.4 is 10.6 Å². The lowest BCUT2D eigenvalue weighted by Gasteiger charge is -2.14. The van der Waals surface area contributed by atoms with Crippen molar-refractivity contribution in [3.63, 3.8) is 0 Å². The Bertz CT molecular complexity index is 536. The lowest BCUT2D eigenvalue weighted by atomic mass is 10.1. The number of hydrogen-bond donors (Lipinski definition) is 3. The molecule has 0 heterocycles. The van der Waals surface area contributed by atoms with E-state index in [1.54, 1.807) is 18.2 Å². The van der Waals surface area contributed by atoms with Gasteiger partial charge in [-0.25, -0.2) is 4.79 Å². The molecule has 0 radical (unpaired) electrons. The summed E-state index contributed by atoms with van der Waals surface area (Å²) < 4.78 is 0. The minimum Gasteiger partial charge on any atom is -0.481 e. The maximum Gasteiger partial charge on any atom is 0.319 e. The molecule has 2 unspecified atom stereocenters. The van der Waals surface area contributed by atoms with Gasteiger partial charge in [-0.3, -0.25) is 4.79 Å². The van der Waals surface area contributed by atoms with E-state index in [0.29, 0.717) is 35.0 Å². The van der Waals surface area contributed by atoms with Crippen LogP contribution in [0.15, 0.2) is 18.2 Å². The number of amides is 2. The fourth-order valence-corrected chi connectivity index (χ4v) is 2.61. The number of carboxylic acid groups (broad SMARTS) is 1. The van der Waals surface area contributed by atoms with Crippen LogP contribution in [0.4, 0.5) is 10.5 Å². The summed E-state index contributed by atoms with van der Waals surface area (Å²) >= 11 is 11.8. The van der Waals surface area contributed by atoms with Crippen molar-refractivity contribution in [1.29, 1.82) is 0 Å². The second-order valence-corrected chi connectivity index (χ2v) is 5.61. The molecule has 3 N–H and O–H groups in total. The third kappa shape index (κ3) is 3.77. The standard InChI is InChI=1S/C13H14Cl2N2O3/c14-8-2-4-10(15)11(6-8)17-13(20)16-9-3-1-7(5-9)12(18)19/h2,4,6-7,9H,1,3,5H2,(H,18,19)(H2,16,17,20). The van der Waals surface area contributed by atoms with Crippen molar-refractivity contribution in [2.45, 2.75) is 25.3 Å². The maximum atomic E-state index is 11.8. The SMILES string of the molecule is O=C(Nc1cc(Cl)ccc1Cl)NC1CCC(C(=O)O)C1. The quantitative estimate of drug-likeness (QED) is 0.800. The van der Waals surface area contributed by atoms with Crippen molar-refractivity contribution >= 4 is 40.9 Å². The average Bonchev–Trinajstić information content (AvgIpc) is 2.82. The van der Waals surface area contributed by atoms with E-state index in [2.05, 4.69) is 10.6 Å². The number of carbonyl (C=O) groups is 2. The minimum absolute atomic E-state index is 0.131. The summed E-state index contributed by atoms with van der Waals surface area (Å²) in [5, 5.41) is 15.1. The Labute approximate surface area is 126 Å². The number of benzene rings is 1. The van der Waals surface area contributed by atoms with Crippen molar-refractivity contribution in [3.05, 3.63) is 28.2 Å². The number of nitrogens with one attached hydrogen (secondary N) is 2. The number of aliphatic carboxylic acids is 1. The van der Waals surface area contributed by atoms with Gasteiger partial charge in [0.15, 0.2) is 0 Å². The third-order valence-electron chi connectivity index (χ3n) is 3.29. The van der Waals surface area contributed by atoms with Crippen molar-refractivity contribution in [3.8, 4) is 0 Å². The fourth-order valence-electron chi connectivity index (χ4n) is 2.27. The molecule has 1 fully saturated rings. The number of urea groups is 1. The van der Waals surface area contributed by atoms with E-state index in [1.165, 1.54) is 0 Å². The molecule has 1 saturated carbocycles. The Hall–Kier alpha value is -1.46. The van der Waals surface area contributed by atoms with Gasteiger partial charge in [-0.2, -0.15) is 0 Å². The first-order valence-electron chi connectivity index (χ1n) is 6.21. The molecule has 0 saturated heterocycles. The summed E-state index contributed by atoms with van der Waals surface area (Å²) in [6.07, 6.45) is 1.69. The molecule has 0 bridgehead atoms. The molecule has 108 valence electrons. The molecule has 1 aromatic rings. The third-order valence-corrected chi connectivity index (χ3v) is 3.86. The molecule has 1 aromatic carbocycles. The minimum atomic E-state index is -0.812. The van der Waals surface area contributed by atoms with E-state index < -0.39 is 12.0 Å². The summed E-state index contributed by atoms with van der Waals surface area (Å²) in [6, 6.07) is 4.23. The Morgan fingerprint density at radius 1 is 1.25 bits per heavy atom. The molecule has 20 heavy (non-hydrogen) atoms. The number of carboxylic acids is 1. The van der Waals surface area contributed by atoms with E-state index >= 15 is 0 Å². The van der Waals surface area contributed by atoms with Crippen molar-refractivity contribution in [2.24, 2.45) is 5.92 Å². The first kappa shape index (κ1) is 14.9. The first-order chi connectivity index (χ1) is 9.45. The van der Waals surface area contributed by atoms with Gasteiger partial charge in [0.1, 0.15) is 0 Å². The fraction of sp³-hybridized carbons (Fsp3) is 0.385. The highest BCUT2D eigenvalue weighted by Gasteiger charge is 2.30. The van der Waals surface area contributed by atoms with Crippen LogP contribution in [0.5, 0.6) is 0 Å². The number of halogens is 2. The van der Waals surface area contributed by atoms with Crippen LogP contribution in [0, 0.1) is 5.92 Å². The van der Waals surface area contributed by atoms with Crippen LogP contribution in [-0.2, 0) is 4.79 Å². The highest BCUT2D eigenvalue weighted by atomic mass is 35.5. The summed E-state index contributed by atoms with van der Waals surface area (Å²) in [7, 11) is 0. The lowest BCUT2D eigenvalue weighted by molar-refractivity contribution is -0.141. The van der Waals surface area contributed by atoms with E-state index in [1.807, 2.05) is 0 Å². The molecule has 2 atom stereocenters. The molecule has 2 rings (SSSR count). The second kappa shape index (κ2) is 6.33. The normalized spacial score (nSPS) is 21.5. The van der Waals surface area contributed by atoms with Crippen LogP contribution in [-0.4, -0.2) is 23.1 Å². The van der Waals surface area contributed by atoms with E-state index in [-0.39, 0.29) is 12.0 Å². The van der Waals surface area contributed by atoms with Gasteiger partial charge in [0, 0.05) is 11.1 Å². The zero-order valence-corrected chi connectivity index (χ0v) is 12.0. The molecule has 0 aromatic heterocycles. The Morgan fingerprint density at radius 2 is 2.00 bits per heavy atom. The number of anilines is 1.